The summed E-state index contributed by atoms with van der Waals surface area (Å²) in [7, 11) is 0. The van der Waals surface area contributed by atoms with E-state index < -0.39 is 0 Å². The van der Waals surface area contributed by atoms with Crippen molar-refractivity contribution >= 4 is 0 Å². The molecule has 2 heteroatoms. The first-order valence-corrected chi connectivity index (χ1v) is 6.26. The van der Waals surface area contributed by atoms with Gasteiger partial charge in [-0.2, -0.15) is 0 Å². The molecule has 0 bridgehead atoms. The van der Waals surface area contributed by atoms with E-state index in [9.17, 15) is 0 Å². The summed E-state index contributed by atoms with van der Waals surface area (Å²) in [6.07, 6.45) is 11.5. The van der Waals surface area contributed by atoms with Crippen molar-refractivity contribution in [1.82, 2.24) is 10.2 Å². The highest BCUT2D eigenvalue weighted by atomic mass is 15.1. The average Bonchev–Trinajstić information content (AvgIpc) is 2.31. The van der Waals surface area contributed by atoms with Gasteiger partial charge in [-0.15, -0.1) is 12.3 Å². The fraction of sp³-hybridized carbons (Fsp3) is 0.846. The highest BCUT2D eigenvalue weighted by molar-refractivity contribution is 4.85. The van der Waals surface area contributed by atoms with Crippen molar-refractivity contribution in [3.63, 3.8) is 0 Å². The van der Waals surface area contributed by atoms with Gasteiger partial charge in [0, 0.05) is 19.0 Å². The van der Waals surface area contributed by atoms with Crippen LogP contribution in [-0.2, 0) is 0 Å². The van der Waals surface area contributed by atoms with Crippen molar-refractivity contribution < 1.29 is 0 Å². The molecule has 1 aliphatic rings. The van der Waals surface area contributed by atoms with Crippen molar-refractivity contribution in [2.24, 2.45) is 0 Å². The third-order valence-corrected chi connectivity index (χ3v) is 3.23. The summed E-state index contributed by atoms with van der Waals surface area (Å²) in [4.78, 5) is 2.45. The van der Waals surface area contributed by atoms with Crippen LogP contribution >= 0.6 is 0 Å². The number of nitrogens with zero attached hydrogens (tertiary/aromatic N) is 1. The first-order chi connectivity index (χ1) is 7.36. The summed E-state index contributed by atoms with van der Waals surface area (Å²) in [6, 6.07) is 0.749. The number of nitrogens with one attached hydrogen (secondary N) is 1. The topological polar surface area (TPSA) is 15.3 Å². The van der Waals surface area contributed by atoms with Crippen molar-refractivity contribution in [2.45, 2.75) is 45.1 Å². The maximum Gasteiger partial charge on any atom is 0.0214 e. The maximum absolute atomic E-state index is 5.28. The molecule has 0 radical (unpaired) electrons. The lowest BCUT2D eigenvalue weighted by atomic mass is 10.0. The van der Waals surface area contributed by atoms with Gasteiger partial charge in [-0.05, 0) is 38.9 Å². The van der Waals surface area contributed by atoms with E-state index in [4.69, 9.17) is 6.42 Å². The van der Waals surface area contributed by atoms with E-state index in [-0.39, 0.29) is 0 Å². The lowest BCUT2D eigenvalue weighted by Gasteiger charge is -2.26. The van der Waals surface area contributed by atoms with Crippen molar-refractivity contribution in [3.8, 4) is 12.3 Å². The van der Waals surface area contributed by atoms with Gasteiger partial charge in [0.2, 0.25) is 0 Å². The summed E-state index contributed by atoms with van der Waals surface area (Å²) in [6.45, 7) is 6.79. The monoisotopic (exact) mass is 208 g/mol. The summed E-state index contributed by atoms with van der Waals surface area (Å²) in [5.74, 6) is 2.71. The molecule has 1 N–H and O–H groups in total. The van der Waals surface area contributed by atoms with Gasteiger partial charge in [-0.25, -0.2) is 0 Å². The van der Waals surface area contributed by atoms with Gasteiger partial charge in [-0.3, -0.25) is 0 Å². The predicted octanol–water partition coefficient (Wildman–Crippen LogP) is 1.86. The third kappa shape index (κ3) is 5.20. The van der Waals surface area contributed by atoms with Gasteiger partial charge in [0.15, 0.2) is 0 Å². The van der Waals surface area contributed by atoms with E-state index in [1.807, 2.05) is 0 Å². The van der Waals surface area contributed by atoms with E-state index in [0.717, 1.165) is 25.6 Å². The maximum atomic E-state index is 5.28. The zero-order chi connectivity index (χ0) is 10.9. The summed E-state index contributed by atoms with van der Waals surface area (Å²) in [5.41, 5.74) is 0. The predicted molar refractivity (Wildman–Crippen MR) is 65.8 cm³/mol. The molecule has 1 fully saturated rings. The average molecular weight is 208 g/mol. The molecule has 0 aromatic rings. The van der Waals surface area contributed by atoms with Gasteiger partial charge in [0.05, 0.1) is 0 Å². The van der Waals surface area contributed by atoms with Crippen LogP contribution in [0.2, 0.25) is 0 Å². The van der Waals surface area contributed by atoms with E-state index in [1.165, 1.54) is 38.8 Å². The molecule has 0 saturated carbocycles. The van der Waals surface area contributed by atoms with Crippen LogP contribution in [0.3, 0.4) is 0 Å². The lowest BCUT2D eigenvalue weighted by Crippen LogP contribution is -2.37. The van der Waals surface area contributed by atoms with Crippen LogP contribution in [0.15, 0.2) is 0 Å². The molecule has 1 unspecified atom stereocenters. The molecule has 1 saturated heterocycles. The molecule has 0 aromatic carbocycles. The van der Waals surface area contributed by atoms with Crippen LogP contribution in [0.25, 0.3) is 0 Å². The lowest BCUT2D eigenvalue weighted by molar-refractivity contribution is 0.261. The zero-order valence-corrected chi connectivity index (χ0v) is 9.97. The van der Waals surface area contributed by atoms with Crippen LogP contribution in [-0.4, -0.2) is 37.1 Å². The van der Waals surface area contributed by atoms with Crippen molar-refractivity contribution in [3.05, 3.63) is 0 Å². The Balaban J connectivity index is 2.12. The fourth-order valence-electron chi connectivity index (χ4n) is 2.16. The molecule has 1 aliphatic heterocycles. The molecular weight excluding hydrogens is 184 g/mol. The third-order valence-electron chi connectivity index (χ3n) is 3.23. The largest absolute Gasteiger partial charge is 0.314 e. The molecule has 0 amide bonds. The van der Waals surface area contributed by atoms with Gasteiger partial charge >= 0.3 is 0 Å². The van der Waals surface area contributed by atoms with Crippen molar-refractivity contribution in [1.29, 1.82) is 0 Å². The Morgan fingerprint density at radius 2 is 2.27 bits per heavy atom. The molecule has 0 aromatic heterocycles. The standard InChI is InChI=1S/C13H24N2/c1-3-5-11-15(4-2)12-9-13-8-6-7-10-14-13/h1,13-14H,4-12H2,2H3. The Morgan fingerprint density at radius 1 is 1.40 bits per heavy atom. The summed E-state index contributed by atoms with van der Waals surface area (Å²) >= 11 is 0. The smallest absolute Gasteiger partial charge is 0.0214 e. The molecule has 2 nitrogen and oxygen atoms in total. The molecule has 0 aliphatic carbocycles. The second-order valence-corrected chi connectivity index (χ2v) is 4.32. The van der Waals surface area contributed by atoms with Crippen LogP contribution in [0, 0.1) is 12.3 Å². The highest BCUT2D eigenvalue weighted by Gasteiger charge is 2.13. The normalized spacial score (nSPS) is 21.5. The van der Waals surface area contributed by atoms with Crippen LogP contribution in [0.4, 0.5) is 0 Å². The Morgan fingerprint density at radius 3 is 2.87 bits per heavy atom. The first kappa shape index (κ1) is 12.5. The Hall–Kier alpha value is -0.520. The number of hydrogen-bond donors (Lipinski definition) is 1. The van der Waals surface area contributed by atoms with Crippen molar-refractivity contribution in [2.75, 3.05) is 26.2 Å². The Bertz CT molecular complexity index is 189. The molecule has 0 spiro atoms. The van der Waals surface area contributed by atoms with E-state index in [0.29, 0.717) is 0 Å². The van der Waals surface area contributed by atoms with Gasteiger partial charge < -0.3 is 10.2 Å². The van der Waals surface area contributed by atoms with Crippen LogP contribution in [0.5, 0.6) is 0 Å². The Kier molecular flexibility index (Phi) is 6.47. The minimum Gasteiger partial charge on any atom is -0.314 e. The molecule has 1 heterocycles. The number of piperidine rings is 1. The molecular formula is C13H24N2. The van der Waals surface area contributed by atoms with Gasteiger partial charge in [0.1, 0.15) is 0 Å². The number of terminal acetylenes is 1. The highest BCUT2D eigenvalue weighted by Crippen LogP contribution is 2.10. The first-order valence-electron chi connectivity index (χ1n) is 6.26. The molecule has 1 rings (SSSR count). The number of hydrogen-bond acceptors (Lipinski definition) is 2. The minimum atomic E-state index is 0.749. The fourth-order valence-corrected chi connectivity index (χ4v) is 2.16. The van der Waals surface area contributed by atoms with Gasteiger partial charge in [0.25, 0.3) is 0 Å². The zero-order valence-electron chi connectivity index (χ0n) is 9.97. The van der Waals surface area contributed by atoms with Crippen LogP contribution < -0.4 is 5.32 Å². The quantitative estimate of drug-likeness (QED) is 0.670. The van der Waals surface area contributed by atoms with E-state index >= 15 is 0 Å². The minimum absolute atomic E-state index is 0.749. The Labute approximate surface area is 94.4 Å². The summed E-state index contributed by atoms with van der Waals surface area (Å²) < 4.78 is 0. The molecule has 1 atom stereocenters. The summed E-state index contributed by atoms with van der Waals surface area (Å²) in [5, 5.41) is 3.59. The number of rotatable bonds is 6. The van der Waals surface area contributed by atoms with Crippen LogP contribution in [0.1, 0.15) is 39.0 Å². The van der Waals surface area contributed by atoms with E-state index in [2.05, 4.69) is 23.1 Å². The second-order valence-electron chi connectivity index (χ2n) is 4.32. The SMILES string of the molecule is C#CCCN(CC)CCC1CCCCN1. The molecule has 86 valence electrons. The molecule has 15 heavy (non-hydrogen) atoms. The van der Waals surface area contributed by atoms with E-state index in [1.54, 1.807) is 0 Å². The second kappa shape index (κ2) is 7.73. The van der Waals surface area contributed by atoms with Gasteiger partial charge in [-0.1, -0.05) is 13.3 Å².